The third-order valence-electron chi connectivity index (χ3n) is 2.77. The summed E-state index contributed by atoms with van der Waals surface area (Å²) in [6, 6.07) is 7.33. The second-order valence-corrected chi connectivity index (χ2v) is 4.28. The molecule has 1 saturated carbocycles. The van der Waals surface area contributed by atoms with Gasteiger partial charge in [-0.3, -0.25) is 9.59 Å². The van der Waals surface area contributed by atoms with Crippen molar-refractivity contribution >= 4 is 11.8 Å². The molecule has 16 heavy (non-hydrogen) atoms. The molecule has 0 bridgehead atoms. The van der Waals surface area contributed by atoms with E-state index in [1.165, 1.54) is 6.92 Å². The summed E-state index contributed by atoms with van der Waals surface area (Å²) in [5.74, 6) is -0.472. The van der Waals surface area contributed by atoms with Crippen LogP contribution in [0.2, 0.25) is 0 Å². The minimum atomic E-state index is -0.860. The maximum Gasteiger partial charge on any atom is 0.303 e. The number of rotatable bonds is 3. The first-order valence-corrected chi connectivity index (χ1v) is 5.34. The lowest BCUT2D eigenvalue weighted by Crippen LogP contribution is -2.28. The quantitative estimate of drug-likeness (QED) is 0.577. The Morgan fingerprint density at radius 3 is 2.19 bits per heavy atom. The van der Waals surface area contributed by atoms with Crippen LogP contribution in [0.1, 0.15) is 35.7 Å². The van der Waals surface area contributed by atoms with Crippen LogP contribution in [0.3, 0.4) is 0 Å². The summed E-state index contributed by atoms with van der Waals surface area (Å²) in [4.78, 5) is 23.0. The zero-order chi connectivity index (χ0) is 11.8. The monoisotopic (exact) mass is 218 g/mol. The Labute approximate surface area is 94.4 Å². The van der Waals surface area contributed by atoms with Crippen molar-refractivity contribution in [2.75, 3.05) is 0 Å². The lowest BCUT2D eigenvalue weighted by molar-refractivity contribution is -0.145. The molecule has 0 heterocycles. The topological polar surface area (TPSA) is 43.4 Å². The van der Waals surface area contributed by atoms with Crippen molar-refractivity contribution in [3.8, 4) is 0 Å². The Balaban J connectivity index is 2.19. The Hall–Kier alpha value is -1.64. The van der Waals surface area contributed by atoms with Crippen LogP contribution in [0, 0.1) is 6.92 Å². The van der Waals surface area contributed by atoms with Crippen molar-refractivity contribution in [1.29, 1.82) is 0 Å². The van der Waals surface area contributed by atoms with Gasteiger partial charge in [-0.25, -0.2) is 0 Å². The van der Waals surface area contributed by atoms with E-state index in [0.717, 1.165) is 5.56 Å². The van der Waals surface area contributed by atoms with Gasteiger partial charge in [0.25, 0.3) is 0 Å². The van der Waals surface area contributed by atoms with Crippen molar-refractivity contribution in [3.05, 3.63) is 35.4 Å². The Morgan fingerprint density at radius 2 is 1.75 bits per heavy atom. The highest BCUT2D eigenvalue weighted by atomic mass is 16.6. The van der Waals surface area contributed by atoms with Gasteiger partial charge in [0.05, 0.1) is 0 Å². The number of carbonyl (C=O) groups excluding carboxylic acids is 2. The molecule has 1 aromatic rings. The highest BCUT2D eigenvalue weighted by molar-refractivity contribution is 6.05. The number of Topliss-reactive ketones (excluding diaryl/α,β-unsaturated/α-hetero) is 1. The van der Waals surface area contributed by atoms with E-state index < -0.39 is 11.6 Å². The predicted molar refractivity (Wildman–Crippen MR) is 59.2 cm³/mol. The van der Waals surface area contributed by atoms with Gasteiger partial charge >= 0.3 is 5.97 Å². The molecule has 1 aromatic carbocycles. The normalized spacial score (nSPS) is 16.6. The van der Waals surface area contributed by atoms with Crippen molar-refractivity contribution in [1.82, 2.24) is 0 Å². The van der Waals surface area contributed by atoms with E-state index in [1.54, 1.807) is 12.1 Å². The fourth-order valence-corrected chi connectivity index (χ4v) is 1.73. The highest BCUT2D eigenvalue weighted by Gasteiger charge is 2.53. The number of hydrogen-bond acceptors (Lipinski definition) is 3. The summed E-state index contributed by atoms with van der Waals surface area (Å²) >= 11 is 0. The fourth-order valence-electron chi connectivity index (χ4n) is 1.73. The number of aryl methyl sites for hydroxylation is 1. The summed E-state index contributed by atoms with van der Waals surface area (Å²) in [5.41, 5.74) is 0.861. The molecule has 1 fully saturated rings. The molecule has 0 atom stereocenters. The molecular weight excluding hydrogens is 204 g/mol. The Morgan fingerprint density at radius 1 is 1.19 bits per heavy atom. The molecule has 0 N–H and O–H groups in total. The number of ketones is 1. The molecule has 0 amide bonds. The number of ether oxygens (including phenoxy) is 1. The predicted octanol–water partition coefficient (Wildman–Crippen LogP) is 2.27. The van der Waals surface area contributed by atoms with E-state index >= 15 is 0 Å². The molecule has 0 aromatic heterocycles. The standard InChI is InChI=1S/C13H14O3/c1-9-3-5-11(6-4-9)12(15)13(7-8-13)16-10(2)14/h3-6H,7-8H2,1-2H3. The van der Waals surface area contributed by atoms with Gasteiger partial charge in [-0.2, -0.15) is 0 Å². The fraction of sp³-hybridized carbons (Fsp3) is 0.385. The van der Waals surface area contributed by atoms with Crippen LogP contribution in [0.25, 0.3) is 0 Å². The molecule has 0 unspecified atom stereocenters. The van der Waals surface area contributed by atoms with Crippen LogP contribution < -0.4 is 0 Å². The van der Waals surface area contributed by atoms with Crippen molar-refractivity contribution in [3.63, 3.8) is 0 Å². The van der Waals surface area contributed by atoms with E-state index in [4.69, 9.17) is 4.74 Å². The van der Waals surface area contributed by atoms with Crippen molar-refractivity contribution < 1.29 is 14.3 Å². The van der Waals surface area contributed by atoms with E-state index in [9.17, 15) is 9.59 Å². The summed E-state index contributed by atoms with van der Waals surface area (Å²) < 4.78 is 5.11. The van der Waals surface area contributed by atoms with Gasteiger partial charge in [0, 0.05) is 12.5 Å². The van der Waals surface area contributed by atoms with Crippen molar-refractivity contribution in [2.45, 2.75) is 32.3 Å². The molecule has 1 aliphatic carbocycles. The minimum absolute atomic E-state index is 0.0808. The summed E-state index contributed by atoms with van der Waals surface area (Å²) in [6.07, 6.45) is 1.28. The molecular formula is C13H14O3. The maximum atomic E-state index is 12.1. The SMILES string of the molecule is CC(=O)OC1(C(=O)c2ccc(C)cc2)CC1. The second kappa shape index (κ2) is 3.74. The minimum Gasteiger partial charge on any atom is -0.451 e. The molecule has 3 heteroatoms. The summed E-state index contributed by atoms with van der Waals surface area (Å²) in [5, 5.41) is 0. The highest BCUT2D eigenvalue weighted by Crippen LogP contribution is 2.42. The van der Waals surface area contributed by atoms with E-state index in [1.807, 2.05) is 19.1 Å². The molecule has 0 saturated heterocycles. The largest absolute Gasteiger partial charge is 0.451 e. The number of carbonyl (C=O) groups is 2. The number of benzene rings is 1. The van der Waals surface area contributed by atoms with Crippen LogP contribution in [0.5, 0.6) is 0 Å². The van der Waals surface area contributed by atoms with Gasteiger partial charge in [0.15, 0.2) is 5.60 Å². The lowest BCUT2D eigenvalue weighted by atomic mass is 10.0. The average Bonchev–Trinajstić information content (AvgIpc) is 2.98. The van der Waals surface area contributed by atoms with E-state index in [2.05, 4.69) is 0 Å². The first-order chi connectivity index (χ1) is 7.53. The van der Waals surface area contributed by atoms with Crippen LogP contribution in [0.4, 0.5) is 0 Å². The first-order valence-electron chi connectivity index (χ1n) is 5.34. The van der Waals surface area contributed by atoms with Crippen LogP contribution >= 0.6 is 0 Å². The van der Waals surface area contributed by atoms with E-state index in [0.29, 0.717) is 18.4 Å². The Bertz CT molecular complexity index is 427. The average molecular weight is 218 g/mol. The Kier molecular flexibility index (Phi) is 2.54. The summed E-state index contributed by atoms with van der Waals surface area (Å²) in [7, 11) is 0. The van der Waals surface area contributed by atoms with Gasteiger partial charge < -0.3 is 4.74 Å². The third-order valence-corrected chi connectivity index (χ3v) is 2.77. The molecule has 2 rings (SSSR count). The molecule has 0 aliphatic heterocycles. The third kappa shape index (κ3) is 1.98. The smallest absolute Gasteiger partial charge is 0.303 e. The van der Waals surface area contributed by atoms with Crippen LogP contribution in [0.15, 0.2) is 24.3 Å². The zero-order valence-electron chi connectivity index (χ0n) is 9.45. The van der Waals surface area contributed by atoms with E-state index in [-0.39, 0.29) is 5.78 Å². The van der Waals surface area contributed by atoms with Gasteiger partial charge in [0.1, 0.15) is 0 Å². The van der Waals surface area contributed by atoms with Gasteiger partial charge in [-0.15, -0.1) is 0 Å². The van der Waals surface area contributed by atoms with Crippen molar-refractivity contribution in [2.24, 2.45) is 0 Å². The van der Waals surface area contributed by atoms with Crippen LogP contribution in [-0.4, -0.2) is 17.4 Å². The summed E-state index contributed by atoms with van der Waals surface area (Å²) in [6.45, 7) is 3.30. The van der Waals surface area contributed by atoms with Gasteiger partial charge in [-0.05, 0) is 19.8 Å². The first kappa shape index (κ1) is 10.9. The molecule has 0 radical (unpaired) electrons. The number of esters is 1. The lowest BCUT2D eigenvalue weighted by Gasteiger charge is -2.14. The maximum absolute atomic E-state index is 12.1. The number of hydrogen-bond donors (Lipinski definition) is 0. The van der Waals surface area contributed by atoms with Crippen LogP contribution in [-0.2, 0) is 9.53 Å². The molecule has 0 spiro atoms. The van der Waals surface area contributed by atoms with Gasteiger partial charge in [0.2, 0.25) is 5.78 Å². The van der Waals surface area contributed by atoms with Gasteiger partial charge in [-0.1, -0.05) is 29.8 Å². The molecule has 84 valence electrons. The molecule has 3 nitrogen and oxygen atoms in total. The zero-order valence-corrected chi connectivity index (χ0v) is 9.45. The molecule has 1 aliphatic rings. The second-order valence-electron chi connectivity index (χ2n) is 4.28.